The number of hydrogen-bond acceptors (Lipinski definition) is 2. The van der Waals surface area contributed by atoms with Crippen LogP contribution in [-0.4, -0.2) is 13.1 Å². The van der Waals surface area contributed by atoms with Gasteiger partial charge in [0.2, 0.25) is 0 Å². The first kappa shape index (κ1) is 12.4. The van der Waals surface area contributed by atoms with Crippen LogP contribution in [-0.2, 0) is 0 Å². The van der Waals surface area contributed by atoms with Crippen molar-refractivity contribution in [1.29, 1.82) is 5.26 Å². The van der Waals surface area contributed by atoms with Gasteiger partial charge >= 0.3 is 0 Å². The predicted molar refractivity (Wildman–Crippen MR) is 69.4 cm³/mol. The molecule has 1 aromatic carbocycles. The Morgan fingerprint density at radius 1 is 1.53 bits per heavy atom. The summed E-state index contributed by atoms with van der Waals surface area (Å²) in [5.41, 5.74) is 0.883. The van der Waals surface area contributed by atoms with Crippen molar-refractivity contribution in [2.75, 3.05) is 11.9 Å². The molecule has 2 rings (SSSR count). The summed E-state index contributed by atoms with van der Waals surface area (Å²) in [6.07, 6.45) is 2.45. The van der Waals surface area contributed by atoms with Crippen molar-refractivity contribution < 1.29 is 4.39 Å². The molecule has 1 aliphatic rings. The van der Waals surface area contributed by atoms with Crippen LogP contribution in [0.25, 0.3) is 0 Å². The van der Waals surface area contributed by atoms with Gasteiger partial charge in [0, 0.05) is 13.1 Å². The highest BCUT2D eigenvalue weighted by molar-refractivity contribution is 9.10. The zero-order chi connectivity index (χ0) is 12.6. The third-order valence-electron chi connectivity index (χ3n) is 3.48. The minimum absolute atomic E-state index is 0.257. The van der Waals surface area contributed by atoms with Gasteiger partial charge in [0.05, 0.1) is 15.7 Å². The van der Waals surface area contributed by atoms with Crippen LogP contribution in [0, 0.1) is 23.1 Å². The molecule has 0 bridgehead atoms. The highest BCUT2D eigenvalue weighted by Gasteiger charge is 2.31. The van der Waals surface area contributed by atoms with E-state index in [-0.39, 0.29) is 10.3 Å². The van der Waals surface area contributed by atoms with Crippen LogP contribution < -0.4 is 4.90 Å². The van der Waals surface area contributed by atoms with E-state index in [2.05, 4.69) is 22.9 Å². The Morgan fingerprint density at radius 3 is 2.71 bits per heavy atom. The zero-order valence-corrected chi connectivity index (χ0v) is 11.5. The molecule has 2 nitrogen and oxygen atoms in total. The van der Waals surface area contributed by atoms with E-state index in [0.717, 1.165) is 0 Å². The van der Waals surface area contributed by atoms with Gasteiger partial charge in [-0.1, -0.05) is 0 Å². The normalized spacial score (nSPS) is 16.4. The number of hydrogen-bond donors (Lipinski definition) is 0. The second-order valence-electron chi connectivity index (χ2n) is 4.56. The molecule has 0 saturated heterocycles. The quantitative estimate of drug-likeness (QED) is 0.850. The van der Waals surface area contributed by atoms with Crippen LogP contribution in [0.15, 0.2) is 16.6 Å². The predicted octanol–water partition coefficient (Wildman–Crippen LogP) is 3.69. The van der Waals surface area contributed by atoms with Crippen molar-refractivity contribution in [2.24, 2.45) is 5.92 Å². The molecule has 1 aliphatic carbocycles. The minimum Gasteiger partial charge on any atom is -0.369 e. The van der Waals surface area contributed by atoms with Crippen molar-refractivity contribution in [2.45, 2.75) is 25.8 Å². The molecule has 0 N–H and O–H groups in total. The highest BCUT2D eigenvalue weighted by Crippen LogP contribution is 2.38. The molecule has 1 fully saturated rings. The van der Waals surface area contributed by atoms with Crippen LogP contribution in [0.2, 0.25) is 0 Å². The van der Waals surface area contributed by atoms with E-state index in [0.29, 0.717) is 23.2 Å². The standard InChI is InChI=1S/C13H14BrFN2/c1-8(9-3-4-9)17(2)11-6-5-10(7-16)12(14)13(11)15/h5-6,8-9H,3-4H2,1-2H3. The topological polar surface area (TPSA) is 27.0 Å². The molecule has 1 saturated carbocycles. The molecule has 1 aromatic rings. The van der Waals surface area contributed by atoms with Gasteiger partial charge in [0.15, 0.2) is 5.82 Å². The average molecular weight is 297 g/mol. The largest absolute Gasteiger partial charge is 0.369 e. The number of halogens is 2. The van der Waals surface area contributed by atoms with E-state index in [1.807, 2.05) is 18.0 Å². The van der Waals surface area contributed by atoms with Crippen molar-refractivity contribution in [3.63, 3.8) is 0 Å². The van der Waals surface area contributed by atoms with Gasteiger partial charge in [-0.3, -0.25) is 0 Å². The first-order chi connectivity index (χ1) is 8.06. The molecular formula is C13H14BrFN2. The lowest BCUT2D eigenvalue weighted by molar-refractivity contribution is 0.573. The van der Waals surface area contributed by atoms with Crippen molar-refractivity contribution in [1.82, 2.24) is 0 Å². The Bertz CT molecular complexity index is 477. The molecule has 90 valence electrons. The Hall–Kier alpha value is -1.08. The van der Waals surface area contributed by atoms with Gasteiger partial charge in [-0.15, -0.1) is 0 Å². The second kappa shape index (κ2) is 4.66. The maximum absolute atomic E-state index is 14.1. The summed E-state index contributed by atoms with van der Waals surface area (Å²) < 4.78 is 14.4. The van der Waals surface area contributed by atoms with Gasteiger partial charge in [0.1, 0.15) is 6.07 Å². The maximum Gasteiger partial charge on any atom is 0.161 e. The van der Waals surface area contributed by atoms with Crippen molar-refractivity contribution in [3.05, 3.63) is 28.0 Å². The zero-order valence-electron chi connectivity index (χ0n) is 9.87. The molecule has 0 spiro atoms. The van der Waals surface area contributed by atoms with Gasteiger partial charge < -0.3 is 4.90 Å². The van der Waals surface area contributed by atoms with Crippen LogP contribution in [0.5, 0.6) is 0 Å². The van der Waals surface area contributed by atoms with Gasteiger partial charge in [0.25, 0.3) is 0 Å². The summed E-state index contributed by atoms with van der Waals surface area (Å²) in [4.78, 5) is 1.96. The summed E-state index contributed by atoms with van der Waals surface area (Å²) in [5.74, 6) is 0.327. The first-order valence-electron chi connectivity index (χ1n) is 5.67. The molecule has 1 atom stereocenters. The first-order valence-corrected chi connectivity index (χ1v) is 6.46. The summed E-state index contributed by atoms with van der Waals surface area (Å²) >= 11 is 3.14. The van der Waals surface area contributed by atoms with E-state index < -0.39 is 0 Å². The van der Waals surface area contributed by atoms with Crippen LogP contribution in [0.3, 0.4) is 0 Å². The van der Waals surface area contributed by atoms with Gasteiger partial charge in [-0.05, 0) is 53.7 Å². The Kier molecular flexibility index (Phi) is 3.39. The second-order valence-corrected chi connectivity index (χ2v) is 5.35. The van der Waals surface area contributed by atoms with Crippen molar-refractivity contribution in [3.8, 4) is 6.07 Å². The fraction of sp³-hybridized carbons (Fsp3) is 0.462. The van der Waals surface area contributed by atoms with Crippen LogP contribution in [0.4, 0.5) is 10.1 Å². The maximum atomic E-state index is 14.1. The molecule has 0 radical (unpaired) electrons. The Morgan fingerprint density at radius 2 is 2.18 bits per heavy atom. The molecular weight excluding hydrogens is 283 g/mol. The lowest BCUT2D eigenvalue weighted by Crippen LogP contribution is -2.31. The third kappa shape index (κ3) is 2.30. The fourth-order valence-electron chi connectivity index (χ4n) is 2.01. The summed E-state index contributed by atoms with van der Waals surface area (Å²) in [7, 11) is 1.90. The summed E-state index contributed by atoms with van der Waals surface area (Å²) in [6.45, 7) is 2.11. The van der Waals surface area contributed by atoms with E-state index in [9.17, 15) is 4.39 Å². The summed E-state index contributed by atoms with van der Waals surface area (Å²) in [5, 5.41) is 8.82. The highest BCUT2D eigenvalue weighted by atomic mass is 79.9. The molecule has 0 aromatic heterocycles. The smallest absolute Gasteiger partial charge is 0.161 e. The molecule has 0 heterocycles. The van der Waals surface area contributed by atoms with E-state index in [1.54, 1.807) is 12.1 Å². The molecule has 17 heavy (non-hydrogen) atoms. The monoisotopic (exact) mass is 296 g/mol. The molecule has 0 aliphatic heterocycles. The third-order valence-corrected chi connectivity index (χ3v) is 4.25. The Balaban J connectivity index is 2.32. The molecule has 0 amide bonds. The summed E-state index contributed by atoms with van der Waals surface area (Å²) in [6, 6.07) is 5.63. The lowest BCUT2D eigenvalue weighted by Gasteiger charge is -2.27. The van der Waals surface area contributed by atoms with E-state index in [4.69, 9.17) is 5.26 Å². The van der Waals surface area contributed by atoms with E-state index in [1.165, 1.54) is 12.8 Å². The number of benzene rings is 1. The van der Waals surface area contributed by atoms with Gasteiger partial charge in [-0.25, -0.2) is 4.39 Å². The lowest BCUT2D eigenvalue weighted by atomic mass is 10.1. The fourth-order valence-corrected chi connectivity index (χ4v) is 2.44. The SMILES string of the molecule is CC(C1CC1)N(C)c1ccc(C#N)c(Br)c1F. The number of nitrogens with zero attached hydrogens (tertiary/aromatic N) is 2. The van der Waals surface area contributed by atoms with Crippen LogP contribution >= 0.6 is 15.9 Å². The molecule has 1 unspecified atom stereocenters. The average Bonchev–Trinajstić information content (AvgIpc) is 3.15. The minimum atomic E-state index is -0.348. The van der Waals surface area contributed by atoms with Crippen molar-refractivity contribution >= 4 is 21.6 Å². The number of rotatable bonds is 3. The van der Waals surface area contributed by atoms with E-state index >= 15 is 0 Å². The molecule has 4 heteroatoms. The number of anilines is 1. The van der Waals surface area contributed by atoms with Crippen LogP contribution in [0.1, 0.15) is 25.3 Å². The number of nitriles is 1. The Labute approximate surface area is 109 Å². The van der Waals surface area contributed by atoms with Gasteiger partial charge in [-0.2, -0.15) is 5.26 Å².